The monoisotopic (exact) mass is 254 g/mol. The van der Waals surface area contributed by atoms with Gasteiger partial charge in [-0.25, -0.2) is 0 Å². The summed E-state index contributed by atoms with van der Waals surface area (Å²) in [5, 5.41) is 6.38. The zero-order valence-corrected chi connectivity index (χ0v) is 12.3. The van der Waals surface area contributed by atoms with E-state index >= 15 is 0 Å². The molecular formula is C15H30N2O. The molecule has 3 heteroatoms. The van der Waals surface area contributed by atoms with Crippen LogP contribution in [0.3, 0.4) is 0 Å². The van der Waals surface area contributed by atoms with Crippen LogP contribution in [0, 0.1) is 11.8 Å². The lowest BCUT2D eigenvalue weighted by Gasteiger charge is -2.23. The van der Waals surface area contributed by atoms with Gasteiger partial charge >= 0.3 is 0 Å². The maximum absolute atomic E-state index is 11.8. The SMILES string of the molecule is CC(C)CCNC(=O)C(C)NCC1CCCCC1. The Hall–Kier alpha value is -0.570. The van der Waals surface area contributed by atoms with E-state index < -0.39 is 0 Å². The van der Waals surface area contributed by atoms with E-state index in [1.54, 1.807) is 0 Å². The van der Waals surface area contributed by atoms with Crippen molar-refractivity contribution in [1.82, 2.24) is 10.6 Å². The van der Waals surface area contributed by atoms with E-state index in [1.807, 2.05) is 6.92 Å². The van der Waals surface area contributed by atoms with E-state index in [-0.39, 0.29) is 11.9 Å². The minimum atomic E-state index is -0.0564. The maximum Gasteiger partial charge on any atom is 0.236 e. The lowest BCUT2D eigenvalue weighted by atomic mass is 9.89. The van der Waals surface area contributed by atoms with Crippen molar-refractivity contribution in [2.45, 2.75) is 65.3 Å². The Morgan fingerprint density at radius 1 is 1.17 bits per heavy atom. The fraction of sp³-hybridized carbons (Fsp3) is 0.933. The lowest BCUT2D eigenvalue weighted by Crippen LogP contribution is -2.44. The molecule has 18 heavy (non-hydrogen) atoms. The van der Waals surface area contributed by atoms with Gasteiger partial charge < -0.3 is 10.6 Å². The Labute approximate surface area is 112 Å². The van der Waals surface area contributed by atoms with Crippen molar-refractivity contribution in [3.63, 3.8) is 0 Å². The molecule has 0 bridgehead atoms. The standard InChI is InChI=1S/C15H30N2O/c1-12(2)9-10-16-15(18)13(3)17-11-14-7-5-4-6-8-14/h12-14,17H,4-11H2,1-3H3,(H,16,18). The third-order valence-corrected chi connectivity index (χ3v) is 3.85. The third kappa shape index (κ3) is 6.39. The van der Waals surface area contributed by atoms with Crippen LogP contribution < -0.4 is 10.6 Å². The minimum Gasteiger partial charge on any atom is -0.355 e. The number of rotatable bonds is 7. The van der Waals surface area contributed by atoms with Gasteiger partial charge in [0, 0.05) is 6.54 Å². The van der Waals surface area contributed by atoms with Crippen molar-refractivity contribution < 1.29 is 4.79 Å². The fourth-order valence-electron chi connectivity index (χ4n) is 2.46. The molecule has 1 fully saturated rings. The second kappa shape index (κ2) is 8.52. The molecule has 0 radical (unpaired) electrons. The molecule has 0 aliphatic heterocycles. The first-order valence-electron chi connectivity index (χ1n) is 7.60. The van der Waals surface area contributed by atoms with Crippen LogP contribution in [0.1, 0.15) is 59.3 Å². The third-order valence-electron chi connectivity index (χ3n) is 3.85. The molecule has 0 aromatic carbocycles. The average molecular weight is 254 g/mol. The molecule has 0 aromatic heterocycles. The number of carbonyl (C=O) groups is 1. The van der Waals surface area contributed by atoms with E-state index in [0.717, 1.165) is 25.4 Å². The molecule has 1 atom stereocenters. The summed E-state index contributed by atoms with van der Waals surface area (Å²) in [6.07, 6.45) is 7.83. The first-order valence-corrected chi connectivity index (χ1v) is 7.60. The topological polar surface area (TPSA) is 41.1 Å². The molecule has 0 spiro atoms. The Morgan fingerprint density at radius 2 is 1.83 bits per heavy atom. The Kier molecular flexibility index (Phi) is 7.33. The van der Waals surface area contributed by atoms with Crippen molar-refractivity contribution in [3.05, 3.63) is 0 Å². The largest absolute Gasteiger partial charge is 0.355 e. The van der Waals surface area contributed by atoms with Crippen LogP contribution in [-0.2, 0) is 4.79 Å². The van der Waals surface area contributed by atoms with Crippen LogP contribution in [0.4, 0.5) is 0 Å². The summed E-state index contributed by atoms with van der Waals surface area (Å²) in [6, 6.07) is -0.0564. The van der Waals surface area contributed by atoms with Gasteiger partial charge in [-0.1, -0.05) is 33.1 Å². The number of nitrogens with one attached hydrogen (secondary N) is 2. The number of hydrogen-bond acceptors (Lipinski definition) is 2. The van der Waals surface area contributed by atoms with E-state index in [2.05, 4.69) is 24.5 Å². The molecule has 2 N–H and O–H groups in total. The highest BCUT2D eigenvalue weighted by molar-refractivity contribution is 5.81. The first-order chi connectivity index (χ1) is 8.59. The Balaban J connectivity index is 2.10. The molecule has 3 nitrogen and oxygen atoms in total. The van der Waals surface area contributed by atoms with Crippen LogP contribution >= 0.6 is 0 Å². The highest BCUT2D eigenvalue weighted by Crippen LogP contribution is 2.22. The maximum atomic E-state index is 11.8. The molecule has 1 amide bonds. The van der Waals surface area contributed by atoms with Crippen LogP contribution in [0.25, 0.3) is 0 Å². The highest BCUT2D eigenvalue weighted by Gasteiger charge is 2.16. The fourth-order valence-corrected chi connectivity index (χ4v) is 2.46. The molecule has 0 saturated heterocycles. The van der Waals surface area contributed by atoms with Gasteiger partial charge in [0.25, 0.3) is 0 Å². The zero-order chi connectivity index (χ0) is 13.4. The first kappa shape index (κ1) is 15.5. The summed E-state index contributed by atoms with van der Waals surface area (Å²) < 4.78 is 0. The van der Waals surface area contributed by atoms with E-state index in [9.17, 15) is 4.79 Å². The van der Waals surface area contributed by atoms with Gasteiger partial charge in [0.2, 0.25) is 5.91 Å². The summed E-state index contributed by atoms with van der Waals surface area (Å²) in [4.78, 5) is 11.8. The van der Waals surface area contributed by atoms with Gasteiger partial charge in [-0.15, -0.1) is 0 Å². The molecule has 0 heterocycles. The molecule has 1 aliphatic rings. The van der Waals surface area contributed by atoms with Gasteiger partial charge in [-0.05, 0) is 44.6 Å². The van der Waals surface area contributed by atoms with E-state index in [0.29, 0.717) is 5.92 Å². The molecule has 106 valence electrons. The minimum absolute atomic E-state index is 0.0564. The summed E-state index contributed by atoms with van der Waals surface area (Å²) in [5.41, 5.74) is 0. The summed E-state index contributed by atoms with van der Waals surface area (Å²) in [7, 11) is 0. The van der Waals surface area contributed by atoms with Gasteiger partial charge in [-0.3, -0.25) is 4.79 Å². The number of amides is 1. The quantitative estimate of drug-likeness (QED) is 0.733. The summed E-state index contributed by atoms with van der Waals surface area (Å²) >= 11 is 0. The van der Waals surface area contributed by atoms with Crippen LogP contribution in [0.5, 0.6) is 0 Å². The molecular weight excluding hydrogens is 224 g/mol. The average Bonchev–Trinajstić information content (AvgIpc) is 2.36. The van der Waals surface area contributed by atoms with Crippen molar-refractivity contribution in [2.75, 3.05) is 13.1 Å². The van der Waals surface area contributed by atoms with Gasteiger partial charge in [0.15, 0.2) is 0 Å². The number of carbonyl (C=O) groups excluding carboxylic acids is 1. The summed E-state index contributed by atoms with van der Waals surface area (Å²) in [6.45, 7) is 8.12. The van der Waals surface area contributed by atoms with Crippen molar-refractivity contribution in [1.29, 1.82) is 0 Å². The smallest absolute Gasteiger partial charge is 0.236 e. The molecule has 1 aliphatic carbocycles. The van der Waals surface area contributed by atoms with Gasteiger partial charge in [0.1, 0.15) is 0 Å². The summed E-state index contributed by atoms with van der Waals surface area (Å²) in [5.74, 6) is 1.58. The normalized spacial score (nSPS) is 18.9. The van der Waals surface area contributed by atoms with Crippen molar-refractivity contribution in [3.8, 4) is 0 Å². The molecule has 0 aromatic rings. The van der Waals surface area contributed by atoms with Crippen molar-refractivity contribution >= 4 is 5.91 Å². The highest BCUT2D eigenvalue weighted by atomic mass is 16.2. The predicted molar refractivity (Wildman–Crippen MR) is 76.5 cm³/mol. The predicted octanol–water partition coefficient (Wildman–Crippen LogP) is 2.71. The molecule has 1 unspecified atom stereocenters. The second-order valence-electron chi connectivity index (χ2n) is 6.11. The van der Waals surface area contributed by atoms with E-state index in [1.165, 1.54) is 32.1 Å². The van der Waals surface area contributed by atoms with Crippen molar-refractivity contribution in [2.24, 2.45) is 11.8 Å². The van der Waals surface area contributed by atoms with Gasteiger partial charge in [-0.2, -0.15) is 0 Å². The second-order valence-corrected chi connectivity index (χ2v) is 6.11. The van der Waals surface area contributed by atoms with Crippen LogP contribution in [0.2, 0.25) is 0 Å². The van der Waals surface area contributed by atoms with Gasteiger partial charge in [0.05, 0.1) is 6.04 Å². The Morgan fingerprint density at radius 3 is 2.44 bits per heavy atom. The van der Waals surface area contributed by atoms with E-state index in [4.69, 9.17) is 0 Å². The Bertz CT molecular complexity index is 235. The molecule has 1 rings (SSSR count). The molecule has 1 saturated carbocycles. The number of hydrogen-bond donors (Lipinski definition) is 2. The zero-order valence-electron chi connectivity index (χ0n) is 12.3. The van der Waals surface area contributed by atoms with Crippen LogP contribution in [-0.4, -0.2) is 25.0 Å². The lowest BCUT2D eigenvalue weighted by molar-refractivity contribution is -0.122. The van der Waals surface area contributed by atoms with Crippen LogP contribution in [0.15, 0.2) is 0 Å².